The monoisotopic (exact) mass is 307 g/mol. The average molecular weight is 307 g/mol. The van der Waals surface area contributed by atoms with E-state index in [2.05, 4.69) is 29.5 Å². The van der Waals surface area contributed by atoms with Crippen LogP contribution in [0.2, 0.25) is 0 Å². The third kappa shape index (κ3) is 3.11. The van der Waals surface area contributed by atoms with Crippen molar-refractivity contribution in [1.29, 1.82) is 0 Å². The van der Waals surface area contributed by atoms with Crippen LogP contribution in [0.25, 0.3) is 10.9 Å². The molecule has 3 rings (SSSR count). The predicted octanol–water partition coefficient (Wildman–Crippen LogP) is 1.72. The summed E-state index contributed by atoms with van der Waals surface area (Å²) in [5.41, 5.74) is 2.20. The molecule has 1 aliphatic heterocycles. The zero-order chi connectivity index (χ0) is 14.9. The minimum atomic E-state index is -2.79. The first-order chi connectivity index (χ1) is 10.1. The van der Waals surface area contributed by atoms with E-state index < -0.39 is 9.84 Å². The molecule has 0 saturated carbocycles. The molecular formula is C15H21N3O2S. The van der Waals surface area contributed by atoms with Crippen molar-refractivity contribution in [3.05, 3.63) is 30.0 Å². The van der Waals surface area contributed by atoms with Crippen molar-refractivity contribution in [2.24, 2.45) is 0 Å². The van der Waals surface area contributed by atoms with Gasteiger partial charge in [-0.1, -0.05) is 18.2 Å². The van der Waals surface area contributed by atoms with Crippen LogP contribution in [0.5, 0.6) is 0 Å². The van der Waals surface area contributed by atoms with Crippen LogP contribution in [-0.4, -0.2) is 35.7 Å². The number of nitrogens with zero attached hydrogens (tertiary/aromatic N) is 2. The van der Waals surface area contributed by atoms with Gasteiger partial charge in [0.25, 0.3) is 0 Å². The van der Waals surface area contributed by atoms with Gasteiger partial charge in [0.15, 0.2) is 0 Å². The van der Waals surface area contributed by atoms with Gasteiger partial charge >= 0.3 is 0 Å². The highest BCUT2D eigenvalue weighted by Gasteiger charge is 2.23. The Balaban J connectivity index is 1.71. The van der Waals surface area contributed by atoms with Crippen LogP contribution in [0.15, 0.2) is 24.3 Å². The Morgan fingerprint density at radius 2 is 2.00 bits per heavy atom. The summed E-state index contributed by atoms with van der Waals surface area (Å²) in [6.07, 6.45) is 1.41. The number of nitrogens with one attached hydrogen (secondary N) is 1. The van der Waals surface area contributed by atoms with E-state index in [-0.39, 0.29) is 6.04 Å². The van der Waals surface area contributed by atoms with Crippen LogP contribution in [0, 0.1) is 0 Å². The normalized spacial score (nSPS) is 19.1. The molecule has 0 aliphatic carbocycles. The molecule has 0 unspecified atom stereocenters. The van der Waals surface area contributed by atoms with Gasteiger partial charge in [-0.15, -0.1) is 0 Å². The van der Waals surface area contributed by atoms with Crippen LogP contribution in [0.3, 0.4) is 0 Å². The molecule has 5 nitrogen and oxygen atoms in total. The molecule has 2 aromatic rings. The Hall–Kier alpha value is -1.40. The van der Waals surface area contributed by atoms with Gasteiger partial charge in [0.05, 0.1) is 22.7 Å². The van der Waals surface area contributed by atoms with Crippen LogP contribution in [-0.2, 0) is 22.9 Å². The second-order valence-electron chi connectivity index (χ2n) is 5.59. The standard InChI is InChI=1S/C15H21N3O2S/c1-2-18-15-6-4-3-5-13(15)14(17-18)11-16-12-7-9-21(19,20)10-8-12/h3-6,12,16H,2,7-11H2,1H3. The molecule has 6 heteroatoms. The molecule has 1 fully saturated rings. The van der Waals surface area contributed by atoms with E-state index in [4.69, 9.17) is 0 Å². The number of aromatic nitrogens is 2. The molecule has 1 aromatic carbocycles. The Bertz CT molecular complexity index is 722. The maximum atomic E-state index is 11.4. The molecule has 1 saturated heterocycles. The topological polar surface area (TPSA) is 64.0 Å². The van der Waals surface area contributed by atoms with Crippen molar-refractivity contribution in [1.82, 2.24) is 15.1 Å². The third-order valence-corrected chi connectivity index (χ3v) is 5.86. The molecule has 0 radical (unpaired) electrons. The lowest BCUT2D eigenvalue weighted by molar-refractivity contribution is 0.459. The van der Waals surface area contributed by atoms with Crippen molar-refractivity contribution in [3.63, 3.8) is 0 Å². The van der Waals surface area contributed by atoms with Crippen LogP contribution >= 0.6 is 0 Å². The fourth-order valence-electron chi connectivity index (χ4n) is 2.90. The van der Waals surface area contributed by atoms with Gasteiger partial charge in [0.1, 0.15) is 9.84 Å². The first kappa shape index (κ1) is 14.5. The summed E-state index contributed by atoms with van der Waals surface area (Å²) in [5.74, 6) is 0.601. The van der Waals surface area contributed by atoms with E-state index >= 15 is 0 Å². The molecule has 114 valence electrons. The summed E-state index contributed by atoms with van der Waals surface area (Å²) < 4.78 is 24.9. The van der Waals surface area contributed by atoms with Gasteiger partial charge < -0.3 is 5.32 Å². The van der Waals surface area contributed by atoms with Gasteiger partial charge in [-0.2, -0.15) is 5.10 Å². The Morgan fingerprint density at radius 3 is 2.71 bits per heavy atom. The number of hydrogen-bond donors (Lipinski definition) is 1. The lowest BCUT2D eigenvalue weighted by atomic mass is 10.1. The molecule has 0 bridgehead atoms. The molecule has 0 atom stereocenters. The van der Waals surface area contributed by atoms with Crippen molar-refractivity contribution in [2.45, 2.75) is 38.9 Å². The second-order valence-corrected chi connectivity index (χ2v) is 7.89. The van der Waals surface area contributed by atoms with E-state index in [1.165, 1.54) is 5.39 Å². The van der Waals surface area contributed by atoms with E-state index in [1.807, 2.05) is 16.8 Å². The zero-order valence-corrected chi connectivity index (χ0v) is 13.1. The van der Waals surface area contributed by atoms with Gasteiger partial charge in [-0.3, -0.25) is 4.68 Å². The van der Waals surface area contributed by atoms with Crippen molar-refractivity contribution in [2.75, 3.05) is 11.5 Å². The first-order valence-corrected chi connectivity index (χ1v) is 9.29. The second kappa shape index (κ2) is 5.77. The SMILES string of the molecule is CCn1nc(CNC2CCS(=O)(=O)CC2)c2ccccc21. The van der Waals surface area contributed by atoms with Crippen molar-refractivity contribution < 1.29 is 8.42 Å². The number of para-hydroxylation sites is 1. The molecule has 2 heterocycles. The fourth-order valence-corrected chi connectivity index (χ4v) is 4.39. The summed E-state index contributed by atoms with van der Waals surface area (Å²) >= 11 is 0. The molecule has 1 N–H and O–H groups in total. The summed E-state index contributed by atoms with van der Waals surface area (Å²) in [6.45, 7) is 3.63. The number of hydrogen-bond acceptors (Lipinski definition) is 4. The van der Waals surface area contributed by atoms with Crippen molar-refractivity contribution in [3.8, 4) is 0 Å². The predicted molar refractivity (Wildman–Crippen MR) is 83.9 cm³/mol. The molecule has 21 heavy (non-hydrogen) atoms. The minimum absolute atomic E-state index is 0.277. The van der Waals surface area contributed by atoms with Crippen LogP contribution < -0.4 is 5.32 Å². The summed E-state index contributed by atoms with van der Waals surface area (Å²) in [6, 6.07) is 8.51. The van der Waals surface area contributed by atoms with Crippen LogP contribution in [0.4, 0.5) is 0 Å². The van der Waals surface area contributed by atoms with Gasteiger partial charge in [0.2, 0.25) is 0 Å². The number of rotatable bonds is 4. The largest absolute Gasteiger partial charge is 0.308 e. The van der Waals surface area contributed by atoms with Gasteiger partial charge in [-0.25, -0.2) is 8.42 Å². The Morgan fingerprint density at radius 1 is 1.29 bits per heavy atom. The number of benzene rings is 1. The van der Waals surface area contributed by atoms with E-state index in [9.17, 15) is 8.42 Å². The van der Waals surface area contributed by atoms with Gasteiger partial charge in [0, 0.05) is 24.5 Å². The van der Waals surface area contributed by atoms with E-state index in [0.717, 1.165) is 17.8 Å². The maximum absolute atomic E-state index is 11.4. The third-order valence-electron chi connectivity index (χ3n) is 4.15. The first-order valence-electron chi connectivity index (χ1n) is 7.47. The molecule has 1 aliphatic rings. The highest BCUT2D eigenvalue weighted by atomic mass is 32.2. The number of aryl methyl sites for hydroxylation is 1. The molecular weight excluding hydrogens is 286 g/mol. The summed E-state index contributed by atoms with van der Waals surface area (Å²) in [5, 5.41) is 9.30. The van der Waals surface area contributed by atoms with Gasteiger partial charge in [-0.05, 0) is 25.8 Å². The Labute approximate surface area is 125 Å². The number of fused-ring (bicyclic) bond motifs is 1. The number of sulfone groups is 1. The lowest BCUT2D eigenvalue weighted by Crippen LogP contribution is -2.37. The fraction of sp³-hybridized carbons (Fsp3) is 0.533. The molecule has 0 amide bonds. The molecule has 1 aromatic heterocycles. The lowest BCUT2D eigenvalue weighted by Gasteiger charge is -2.22. The van der Waals surface area contributed by atoms with E-state index in [0.29, 0.717) is 30.9 Å². The Kier molecular flexibility index (Phi) is 3.99. The highest BCUT2D eigenvalue weighted by molar-refractivity contribution is 7.91. The quantitative estimate of drug-likeness (QED) is 0.934. The zero-order valence-electron chi connectivity index (χ0n) is 12.2. The van der Waals surface area contributed by atoms with E-state index in [1.54, 1.807) is 0 Å². The maximum Gasteiger partial charge on any atom is 0.150 e. The minimum Gasteiger partial charge on any atom is -0.308 e. The van der Waals surface area contributed by atoms with Crippen molar-refractivity contribution >= 4 is 20.7 Å². The molecule has 0 spiro atoms. The smallest absolute Gasteiger partial charge is 0.150 e. The average Bonchev–Trinajstić information content (AvgIpc) is 2.84. The summed E-state index contributed by atoms with van der Waals surface area (Å²) in [7, 11) is -2.79. The highest BCUT2D eigenvalue weighted by Crippen LogP contribution is 2.19. The summed E-state index contributed by atoms with van der Waals surface area (Å²) in [4.78, 5) is 0. The van der Waals surface area contributed by atoms with Crippen LogP contribution in [0.1, 0.15) is 25.5 Å².